The molecule has 0 spiro atoms. The second kappa shape index (κ2) is 2.15. The Morgan fingerprint density at radius 3 is 2.40 bits per heavy atom. The van der Waals surface area contributed by atoms with Gasteiger partial charge in [0.25, 0.3) is 0 Å². The first kappa shape index (κ1) is 6.52. The van der Waals surface area contributed by atoms with E-state index in [9.17, 15) is 4.46 Å². The molecule has 2 aliphatic carbocycles. The number of rotatable bonds is 1. The molecule has 3 heteroatoms. The van der Waals surface area contributed by atoms with Gasteiger partial charge in [-0.3, -0.25) is 0 Å². The lowest BCUT2D eigenvalue weighted by atomic mass is 10.0. The zero-order valence-electron chi connectivity index (χ0n) is 5.92. The molecule has 0 amide bonds. The van der Waals surface area contributed by atoms with Crippen LogP contribution in [0.1, 0.15) is 25.7 Å². The quantitative estimate of drug-likeness (QED) is 0.577. The Balaban J connectivity index is 2.08. The van der Waals surface area contributed by atoms with Crippen LogP contribution in [-0.4, -0.2) is 13.7 Å². The third kappa shape index (κ3) is 0.838. The molecule has 0 aromatic rings. The molecule has 0 saturated heterocycles. The number of hydrogen-bond acceptors (Lipinski definition) is 1. The molecule has 3 unspecified atom stereocenters. The second-order valence-corrected chi connectivity index (χ2v) is 5.04. The molecule has 56 valence electrons. The topological polar surface area (TPSA) is 37.3 Å². The third-order valence-electron chi connectivity index (χ3n) is 3.06. The summed E-state index contributed by atoms with van der Waals surface area (Å²) < 4.78 is 10.8. The maximum absolute atomic E-state index is 10.8. The maximum Gasteiger partial charge on any atom is 0.503 e. The molecule has 0 heterocycles. The van der Waals surface area contributed by atoms with Gasteiger partial charge in [0.15, 0.2) is 0 Å². The highest BCUT2D eigenvalue weighted by molar-refractivity contribution is 6.35. The summed E-state index contributed by atoms with van der Waals surface area (Å²) in [6.07, 6.45) is 4.81. The van der Waals surface area contributed by atoms with Gasteiger partial charge >= 0.3 is 8.93 Å². The van der Waals surface area contributed by atoms with Crippen LogP contribution in [0.5, 0.6) is 0 Å². The van der Waals surface area contributed by atoms with Gasteiger partial charge in [-0.1, -0.05) is 6.42 Å². The molecule has 0 radical (unpaired) electrons. The summed E-state index contributed by atoms with van der Waals surface area (Å²) in [4.78, 5) is 8.92. The highest BCUT2D eigenvalue weighted by Crippen LogP contribution is 2.51. The van der Waals surface area contributed by atoms with Gasteiger partial charge in [0.05, 0.1) is 0 Å². The first-order chi connectivity index (χ1) is 4.77. The smallest absolute Gasteiger partial charge is 0.503 e. The van der Waals surface area contributed by atoms with Gasteiger partial charge in [-0.05, 0) is 31.1 Å². The lowest BCUT2D eigenvalue weighted by molar-refractivity contribution is 0.379. The van der Waals surface area contributed by atoms with Crippen LogP contribution in [0.4, 0.5) is 0 Å². The predicted octanol–water partition coefficient (Wildman–Crippen LogP) is 1.09. The summed E-state index contributed by atoms with van der Waals surface area (Å²) >= 11 is 0. The summed E-state index contributed by atoms with van der Waals surface area (Å²) in [5.74, 6) is 1.41. The minimum absolute atomic E-state index is 0.198. The van der Waals surface area contributed by atoms with Crippen LogP contribution in [0.3, 0.4) is 0 Å². The molecule has 0 aliphatic heterocycles. The summed E-state index contributed by atoms with van der Waals surface area (Å²) in [6, 6.07) is 0. The first-order valence-corrected chi connectivity index (χ1v) is 5.43. The van der Waals surface area contributed by atoms with Crippen LogP contribution in [0, 0.1) is 11.8 Å². The van der Waals surface area contributed by atoms with E-state index >= 15 is 0 Å². The van der Waals surface area contributed by atoms with Crippen LogP contribution >= 0.6 is 0 Å². The molecule has 2 saturated carbocycles. The number of hydrogen-bond donors (Lipinski definition) is 1. The monoisotopic (exact) mass is 156 g/mol. The first-order valence-electron chi connectivity index (χ1n) is 4.00. The summed E-state index contributed by atoms with van der Waals surface area (Å²) in [7, 11) is -2.19. The van der Waals surface area contributed by atoms with E-state index in [-0.39, 0.29) is 5.54 Å². The third-order valence-corrected chi connectivity index (χ3v) is 4.40. The highest BCUT2D eigenvalue weighted by atomic mass is 28.3. The Hall–Kier alpha value is -0.183. The van der Waals surface area contributed by atoms with Crippen molar-refractivity contribution in [1.82, 2.24) is 0 Å². The fourth-order valence-corrected chi connectivity index (χ4v) is 3.79. The van der Waals surface area contributed by atoms with Crippen molar-refractivity contribution in [2.75, 3.05) is 0 Å². The zero-order valence-corrected chi connectivity index (χ0v) is 6.92. The van der Waals surface area contributed by atoms with Gasteiger partial charge in [-0.2, -0.15) is 0 Å². The van der Waals surface area contributed by atoms with E-state index in [1.54, 1.807) is 0 Å². The molecule has 2 aliphatic rings. The van der Waals surface area contributed by atoms with Crippen molar-refractivity contribution in [3.63, 3.8) is 0 Å². The average molecular weight is 156 g/mol. The van der Waals surface area contributed by atoms with Gasteiger partial charge in [0.2, 0.25) is 0 Å². The molecule has 3 atom stereocenters. The van der Waals surface area contributed by atoms with Crippen LogP contribution in [0.25, 0.3) is 0 Å². The number of fused-ring (bicyclic) bond motifs is 2. The molecule has 2 rings (SSSR count). The van der Waals surface area contributed by atoms with Gasteiger partial charge in [0, 0.05) is 5.54 Å². The minimum atomic E-state index is -2.19. The Kier molecular flexibility index (Phi) is 1.40. The molecule has 1 N–H and O–H groups in total. The molecular weight excluding hydrogens is 144 g/mol. The lowest BCUT2D eigenvalue weighted by Crippen LogP contribution is -2.16. The predicted molar refractivity (Wildman–Crippen MR) is 37.9 cm³/mol. The van der Waals surface area contributed by atoms with Crippen LogP contribution < -0.4 is 0 Å². The van der Waals surface area contributed by atoms with Crippen molar-refractivity contribution >= 4 is 8.93 Å². The van der Waals surface area contributed by atoms with Crippen molar-refractivity contribution in [1.29, 1.82) is 0 Å². The minimum Gasteiger partial charge on any atom is -0.539 e. The Morgan fingerprint density at radius 1 is 1.30 bits per heavy atom. The fraction of sp³-hybridized carbons (Fsp3) is 1.00. The van der Waals surface area contributed by atoms with Crippen LogP contribution in [0.15, 0.2) is 0 Å². The zero-order chi connectivity index (χ0) is 7.14. The lowest BCUT2D eigenvalue weighted by Gasteiger charge is -2.15. The van der Waals surface area contributed by atoms with Crippen molar-refractivity contribution in [3.05, 3.63) is 0 Å². The molecule has 2 bridgehead atoms. The van der Waals surface area contributed by atoms with E-state index in [1.165, 1.54) is 19.3 Å². The van der Waals surface area contributed by atoms with Crippen LogP contribution in [-0.2, 0) is 4.46 Å². The molecule has 0 aromatic carbocycles. The van der Waals surface area contributed by atoms with Crippen molar-refractivity contribution in [2.45, 2.75) is 31.2 Å². The highest BCUT2D eigenvalue weighted by Gasteiger charge is 2.44. The molecule has 0 aromatic heterocycles. The van der Waals surface area contributed by atoms with Crippen molar-refractivity contribution in [3.8, 4) is 0 Å². The average Bonchev–Trinajstić information content (AvgIpc) is 2.44. The summed E-state index contributed by atoms with van der Waals surface area (Å²) in [6.45, 7) is 0. The van der Waals surface area contributed by atoms with E-state index in [0.717, 1.165) is 12.3 Å². The summed E-state index contributed by atoms with van der Waals surface area (Å²) in [5.41, 5.74) is 0.198. The van der Waals surface area contributed by atoms with Gasteiger partial charge in [0.1, 0.15) is 0 Å². The van der Waals surface area contributed by atoms with E-state index in [0.29, 0.717) is 5.92 Å². The second-order valence-electron chi connectivity index (χ2n) is 3.62. The Morgan fingerprint density at radius 2 is 2.10 bits per heavy atom. The molecule has 2 fully saturated rings. The van der Waals surface area contributed by atoms with Gasteiger partial charge in [-0.25, -0.2) is 0 Å². The van der Waals surface area contributed by atoms with Gasteiger partial charge in [-0.15, -0.1) is 0 Å². The molecular formula is C7H12O2Si. The molecule has 2 nitrogen and oxygen atoms in total. The standard InChI is InChI=1S/C7H12O2Si/c8-10(9)7-4-5-1-2-6(7)3-5/h5-8H,1-4H2. The van der Waals surface area contributed by atoms with Crippen molar-refractivity contribution in [2.24, 2.45) is 11.8 Å². The fourth-order valence-electron chi connectivity index (χ4n) is 2.55. The Bertz CT molecular complexity index is 169. The van der Waals surface area contributed by atoms with E-state index in [4.69, 9.17) is 4.80 Å². The van der Waals surface area contributed by atoms with E-state index in [1.807, 2.05) is 0 Å². The van der Waals surface area contributed by atoms with Crippen molar-refractivity contribution < 1.29 is 9.26 Å². The molecule has 10 heavy (non-hydrogen) atoms. The van der Waals surface area contributed by atoms with Gasteiger partial charge < -0.3 is 9.26 Å². The van der Waals surface area contributed by atoms with E-state index < -0.39 is 8.93 Å². The SMILES string of the molecule is O=[Si](O)C1CC2CCC1C2. The summed E-state index contributed by atoms with van der Waals surface area (Å²) in [5, 5.41) is 0. The largest absolute Gasteiger partial charge is 0.539 e. The van der Waals surface area contributed by atoms with Crippen LogP contribution in [0.2, 0.25) is 5.54 Å². The van der Waals surface area contributed by atoms with E-state index in [2.05, 4.69) is 0 Å². The Labute approximate surface area is 62.0 Å². The normalized spacial score (nSPS) is 44.2. The maximum atomic E-state index is 10.8.